The average molecular weight is 237 g/mol. The van der Waals surface area contributed by atoms with Crippen LogP contribution in [0.25, 0.3) is 0 Å². The van der Waals surface area contributed by atoms with Crippen molar-refractivity contribution in [3.05, 3.63) is 0 Å². The maximum atomic E-state index is 12.1. The van der Waals surface area contributed by atoms with Gasteiger partial charge in [-0.2, -0.15) is 0 Å². The molecule has 0 aromatic heterocycles. The maximum absolute atomic E-state index is 12.1. The predicted molar refractivity (Wildman–Crippen MR) is 70.5 cm³/mol. The van der Waals surface area contributed by atoms with Gasteiger partial charge in [0.25, 0.3) is 0 Å². The summed E-state index contributed by atoms with van der Waals surface area (Å²) in [7, 11) is 0. The normalized spacial score (nSPS) is 31.8. The first kappa shape index (κ1) is 12.9. The van der Waals surface area contributed by atoms with E-state index in [0.29, 0.717) is 12.0 Å². The van der Waals surface area contributed by atoms with Gasteiger partial charge in [-0.15, -0.1) is 0 Å². The van der Waals surface area contributed by atoms with Crippen molar-refractivity contribution in [2.75, 3.05) is 0 Å². The third kappa shape index (κ3) is 3.02. The fourth-order valence-corrected chi connectivity index (χ4v) is 2.93. The Bertz CT molecular complexity index is 277. The fraction of sp³-hybridized carbons (Fsp3) is 0.933. The van der Waals surface area contributed by atoms with Crippen LogP contribution in [0.5, 0.6) is 0 Å². The van der Waals surface area contributed by atoms with Crippen LogP contribution in [-0.2, 0) is 4.79 Å². The van der Waals surface area contributed by atoms with E-state index in [-0.39, 0.29) is 11.8 Å². The van der Waals surface area contributed by atoms with E-state index in [4.69, 9.17) is 0 Å². The Hall–Kier alpha value is -0.530. The molecule has 0 radical (unpaired) electrons. The molecule has 2 fully saturated rings. The molecule has 0 spiro atoms. The molecule has 2 rings (SSSR count). The second-order valence-corrected chi connectivity index (χ2v) is 6.67. The fourth-order valence-electron chi connectivity index (χ4n) is 2.93. The van der Waals surface area contributed by atoms with Crippen molar-refractivity contribution in [2.24, 2.45) is 29.6 Å². The molecule has 98 valence electrons. The second-order valence-electron chi connectivity index (χ2n) is 6.67. The van der Waals surface area contributed by atoms with Crippen LogP contribution in [0.15, 0.2) is 0 Å². The summed E-state index contributed by atoms with van der Waals surface area (Å²) in [5, 5.41) is 3.23. The van der Waals surface area contributed by atoms with Gasteiger partial charge in [0.1, 0.15) is 0 Å². The monoisotopic (exact) mass is 237 g/mol. The Labute approximate surface area is 106 Å². The van der Waals surface area contributed by atoms with Crippen LogP contribution in [0, 0.1) is 29.6 Å². The Kier molecular flexibility index (Phi) is 3.79. The van der Waals surface area contributed by atoms with Gasteiger partial charge in [-0.25, -0.2) is 0 Å². The van der Waals surface area contributed by atoms with Gasteiger partial charge in [-0.1, -0.05) is 27.7 Å². The molecule has 2 nitrogen and oxygen atoms in total. The molecule has 1 amide bonds. The molecular weight excluding hydrogens is 210 g/mol. The van der Waals surface area contributed by atoms with E-state index in [2.05, 4.69) is 33.0 Å². The van der Waals surface area contributed by atoms with Crippen LogP contribution in [0.3, 0.4) is 0 Å². The van der Waals surface area contributed by atoms with E-state index in [9.17, 15) is 4.79 Å². The molecule has 0 aromatic carbocycles. The second kappa shape index (κ2) is 4.99. The smallest absolute Gasteiger partial charge is 0.223 e. The summed E-state index contributed by atoms with van der Waals surface area (Å²) in [5.74, 6) is 3.47. The minimum atomic E-state index is 0.195. The lowest BCUT2D eigenvalue weighted by Gasteiger charge is -2.39. The lowest BCUT2D eigenvalue weighted by atomic mass is 9.73. The summed E-state index contributed by atoms with van der Waals surface area (Å²) < 4.78 is 0. The quantitative estimate of drug-likeness (QED) is 0.781. The first-order chi connectivity index (χ1) is 7.99. The Morgan fingerprint density at radius 2 is 1.65 bits per heavy atom. The first-order valence-electron chi connectivity index (χ1n) is 7.29. The molecule has 2 aliphatic carbocycles. The largest absolute Gasteiger partial charge is 0.353 e. The maximum Gasteiger partial charge on any atom is 0.223 e. The van der Waals surface area contributed by atoms with Crippen molar-refractivity contribution in [2.45, 2.75) is 59.4 Å². The zero-order valence-electron chi connectivity index (χ0n) is 11.7. The number of carbonyl (C=O) groups is 1. The Morgan fingerprint density at radius 3 is 2.12 bits per heavy atom. The summed E-state index contributed by atoms with van der Waals surface area (Å²) in [6.07, 6.45) is 5.04. The van der Waals surface area contributed by atoms with Crippen molar-refractivity contribution < 1.29 is 4.79 Å². The number of hydrogen-bond acceptors (Lipinski definition) is 1. The zero-order chi connectivity index (χ0) is 12.6. The van der Waals surface area contributed by atoms with Crippen molar-refractivity contribution >= 4 is 5.91 Å². The molecule has 0 heterocycles. The predicted octanol–water partition coefficient (Wildman–Crippen LogP) is 3.22. The summed E-state index contributed by atoms with van der Waals surface area (Å²) in [4.78, 5) is 12.1. The SMILES string of the molecule is CC(C)C1CC(NC(=O)[C@H](C)[C@@H](C)C2CC2)C1. The van der Waals surface area contributed by atoms with Gasteiger partial charge in [-0.05, 0) is 49.4 Å². The number of rotatable bonds is 5. The molecule has 0 aromatic rings. The van der Waals surface area contributed by atoms with Crippen LogP contribution >= 0.6 is 0 Å². The highest BCUT2D eigenvalue weighted by molar-refractivity contribution is 5.79. The van der Waals surface area contributed by atoms with E-state index in [1.807, 2.05) is 0 Å². The van der Waals surface area contributed by atoms with E-state index in [1.165, 1.54) is 25.7 Å². The highest BCUT2D eigenvalue weighted by atomic mass is 16.1. The number of carbonyl (C=O) groups excluding carboxylic acids is 1. The van der Waals surface area contributed by atoms with Gasteiger partial charge in [0.2, 0.25) is 5.91 Å². The van der Waals surface area contributed by atoms with Crippen LogP contribution in [0.2, 0.25) is 0 Å². The highest BCUT2D eigenvalue weighted by Crippen LogP contribution is 2.40. The van der Waals surface area contributed by atoms with Gasteiger partial charge < -0.3 is 5.32 Å². The molecule has 0 bridgehead atoms. The van der Waals surface area contributed by atoms with Gasteiger partial charge >= 0.3 is 0 Å². The van der Waals surface area contributed by atoms with Crippen molar-refractivity contribution in [3.63, 3.8) is 0 Å². The van der Waals surface area contributed by atoms with Crippen LogP contribution in [0.1, 0.15) is 53.4 Å². The molecule has 2 atom stereocenters. The zero-order valence-corrected chi connectivity index (χ0v) is 11.7. The third-order valence-electron chi connectivity index (χ3n) is 5.03. The van der Waals surface area contributed by atoms with E-state index in [0.717, 1.165) is 17.8 Å². The van der Waals surface area contributed by atoms with Crippen LogP contribution < -0.4 is 5.32 Å². The lowest BCUT2D eigenvalue weighted by molar-refractivity contribution is -0.127. The van der Waals surface area contributed by atoms with E-state index >= 15 is 0 Å². The molecule has 17 heavy (non-hydrogen) atoms. The molecule has 2 saturated carbocycles. The third-order valence-corrected chi connectivity index (χ3v) is 5.03. The first-order valence-corrected chi connectivity index (χ1v) is 7.29. The van der Waals surface area contributed by atoms with E-state index in [1.54, 1.807) is 0 Å². The molecule has 0 aliphatic heterocycles. The lowest BCUT2D eigenvalue weighted by Crippen LogP contribution is -2.48. The number of nitrogens with one attached hydrogen (secondary N) is 1. The molecular formula is C15H27NO. The number of amides is 1. The molecule has 2 aliphatic rings. The van der Waals surface area contributed by atoms with Gasteiger partial charge in [0.15, 0.2) is 0 Å². The van der Waals surface area contributed by atoms with Crippen molar-refractivity contribution in [3.8, 4) is 0 Å². The van der Waals surface area contributed by atoms with Gasteiger partial charge in [-0.3, -0.25) is 4.79 Å². The topological polar surface area (TPSA) is 29.1 Å². The molecule has 0 unspecified atom stereocenters. The summed E-state index contributed by atoms with van der Waals surface area (Å²) in [6.45, 7) is 8.89. The Balaban J connectivity index is 1.70. The van der Waals surface area contributed by atoms with Crippen molar-refractivity contribution in [1.82, 2.24) is 5.32 Å². The highest BCUT2D eigenvalue weighted by Gasteiger charge is 2.37. The standard InChI is InChI=1S/C15H27NO/c1-9(2)13-7-14(8-13)16-15(17)11(4)10(3)12-5-6-12/h9-14H,5-8H2,1-4H3,(H,16,17)/t10-,11-,13?,14?/m1/s1. The Morgan fingerprint density at radius 1 is 1.06 bits per heavy atom. The van der Waals surface area contributed by atoms with Gasteiger partial charge in [0.05, 0.1) is 0 Å². The van der Waals surface area contributed by atoms with Crippen molar-refractivity contribution in [1.29, 1.82) is 0 Å². The average Bonchev–Trinajstić information content (AvgIpc) is 3.03. The minimum absolute atomic E-state index is 0.195. The molecule has 0 saturated heterocycles. The minimum Gasteiger partial charge on any atom is -0.353 e. The van der Waals surface area contributed by atoms with Crippen LogP contribution in [-0.4, -0.2) is 11.9 Å². The summed E-state index contributed by atoms with van der Waals surface area (Å²) in [5.41, 5.74) is 0. The van der Waals surface area contributed by atoms with Gasteiger partial charge in [0, 0.05) is 12.0 Å². The molecule has 2 heteroatoms. The van der Waals surface area contributed by atoms with E-state index < -0.39 is 0 Å². The summed E-state index contributed by atoms with van der Waals surface area (Å²) in [6, 6.07) is 0.462. The van der Waals surface area contributed by atoms with Crippen LogP contribution in [0.4, 0.5) is 0 Å². The molecule has 1 N–H and O–H groups in total. The summed E-state index contributed by atoms with van der Waals surface area (Å²) >= 11 is 0. The number of hydrogen-bond donors (Lipinski definition) is 1.